The van der Waals surface area contributed by atoms with Crippen LogP contribution in [-0.4, -0.2) is 255 Å². The first-order valence-corrected chi connectivity index (χ1v) is 27.8. The number of nitrogens with one attached hydrogen (secondary N) is 12. The molecule has 0 radical (unpaired) electrons. The lowest BCUT2D eigenvalue weighted by Crippen LogP contribution is -2.60. The van der Waals surface area contributed by atoms with E-state index in [1.807, 2.05) is 0 Å². The van der Waals surface area contributed by atoms with Gasteiger partial charge in [0.2, 0.25) is 76.8 Å². The van der Waals surface area contributed by atoms with E-state index >= 15 is 0 Å². The fourth-order valence-corrected chi connectivity index (χ4v) is 8.67. The van der Waals surface area contributed by atoms with Crippen molar-refractivity contribution in [2.75, 3.05) is 75.8 Å². The second-order valence-electron chi connectivity index (χ2n) is 18.2. The molecule has 1 fully saturated rings. The molecule has 0 aromatic rings. The maximum Gasteiger partial charge on any atom is 0.327 e. The smallest absolute Gasteiger partial charge is 0.327 e. The number of likely N-dealkylation sites (tertiary alicyclic amines) is 1. The van der Waals surface area contributed by atoms with Crippen molar-refractivity contribution in [1.29, 1.82) is 0 Å². The molecule has 0 saturated carbocycles. The Morgan fingerprint density at radius 3 is 1.60 bits per heavy atom. The third-order valence-corrected chi connectivity index (χ3v) is 13.2. The molecular formula is C45H75N17O20S2. The van der Waals surface area contributed by atoms with E-state index in [0.717, 1.165) is 35.3 Å². The normalized spacial score (nSPS) is 15.4. The maximum atomic E-state index is 13.7. The molecule has 13 amide bonds. The van der Waals surface area contributed by atoms with Crippen molar-refractivity contribution < 1.29 is 97.5 Å². The standard InChI is InChI=1S/C45H75N17O20S2/c1-21(36(73)58-27(14-63)40(77)59-28(15-64)41(78)61-30(44(81)82)18-84-20-54-23(3)67)55-42(79)31-7-5-9-62(31)43(80)29(16-65)60-39(76)26(10-35(71)72)57-34(70)13-52-38(75)25(6-4-8-49-45(47)48)56-33(69)12-50-32(68)11-51-37(74)24(46)17-83-19-53-22(2)66/h21,24-31,63-65H,4-20,46H2,1-3H3,(H,50,68)(H,51,74)(H,52,75)(H,53,66)(H,54,67)(H,55,79)(H,56,69)(H,57,70)(H,58,73)(H,59,77)(H,60,76)(H,61,78)(H,71,72)(H,81,82)(H4,47,48,49)/t21-,24-,25-,26-,27-,28-,29-,30-,31-/m0/s1. The van der Waals surface area contributed by atoms with Gasteiger partial charge in [0, 0.05) is 38.4 Å². The number of thioether (sulfide) groups is 2. The van der Waals surface area contributed by atoms with Crippen LogP contribution in [-0.2, 0) is 71.9 Å². The fraction of sp³-hybridized carbons (Fsp3) is 0.644. The Morgan fingerprint density at radius 2 is 1.06 bits per heavy atom. The maximum absolute atomic E-state index is 13.7. The second kappa shape index (κ2) is 39.4. The van der Waals surface area contributed by atoms with E-state index in [1.165, 1.54) is 13.8 Å². The minimum absolute atomic E-state index is 0.0106. The first-order valence-electron chi connectivity index (χ1n) is 25.5. The highest BCUT2D eigenvalue weighted by Crippen LogP contribution is 2.19. The van der Waals surface area contributed by atoms with Crippen LogP contribution in [0.1, 0.15) is 52.9 Å². The number of carbonyl (C=O) groups excluding carboxylic acids is 13. The van der Waals surface area contributed by atoms with Crippen LogP contribution in [0.4, 0.5) is 0 Å². The van der Waals surface area contributed by atoms with Gasteiger partial charge in [-0.1, -0.05) is 0 Å². The van der Waals surface area contributed by atoms with Crippen molar-refractivity contribution in [2.24, 2.45) is 22.2 Å². The molecule has 0 aromatic heterocycles. The van der Waals surface area contributed by atoms with Crippen molar-refractivity contribution in [3.63, 3.8) is 0 Å². The highest BCUT2D eigenvalue weighted by atomic mass is 32.2. The molecule has 1 aliphatic rings. The van der Waals surface area contributed by atoms with Crippen LogP contribution in [0.2, 0.25) is 0 Å². The summed E-state index contributed by atoms with van der Waals surface area (Å²) in [5, 5.41) is 75.9. The number of nitrogens with two attached hydrogens (primary N) is 3. The quantitative estimate of drug-likeness (QED) is 0.0118. The Balaban J connectivity index is 2.95. The Hall–Kier alpha value is -8.14. The number of carboxylic acid groups (broad SMARTS) is 2. The number of aliphatic hydroxyl groups is 3. The van der Waals surface area contributed by atoms with Crippen molar-refractivity contribution in [1.82, 2.24) is 68.7 Å². The lowest BCUT2D eigenvalue weighted by Gasteiger charge is -2.29. The molecule has 1 rings (SSSR count). The molecule has 84 heavy (non-hydrogen) atoms. The molecule has 0 spiro atoms. The van der Waals surface area contributed by atoms with Gasteiger partial charge in [0.25, 0.3) is 0 Å². The number of amides is 13. The van der Waals surface area contributed by atoms with Gasteiger partial charge in [-0.15, -0.1) is 23.5 Å². The summed E-state index contributed by atoms with van der Waals surface area (Å²) in [6.07, 6.45) is -0.962. The zero-order valence-electron chi connectivity index (χ0n) is 46.0. The Labute approximate surface area is 488 Å². The lowest BCUT2D eigenvalue weighted by atomic mass is 10.1. The van der Waals surface area contributed by atoms with Crippen molar-refractivity contribution in [2.45, 2.75) is 107 Å². The number of aliphatic imine (C=N–C) groups is 1. The van der Waals surface area contributed by atoms with E-state index in [0.29, 0.717) is 0 Å². The van der Waals surface area contributed by atoms with E-state index < -0.39 is 177 Å². The molecule has 1 aliphatic heterocycles. The third kappa shape index (κ3) is 29.2. The third-order valence-electron chi connectivity index (χ3n) is 11.3. The Bertz CT molecular complexity index is 2390. The van der Waals surface area contributed by atoms with Crippen molar-refractivity contribution in [3.8, 4) is 0 Å². The highest BCUT2D eigenvalue weighted by molar-refractivity contribution is 7.99. The molecule has 0 unspecified atom stereocenters. The zero-order valence-corrected chi connectivity index (χ0v) is 47.7. The van der Waals surface area contributed by atoms with Gasteiger partial charge in [-0.25, -0.2) is 4.79 Å². The minimum atomic E-state index is -1.95. The molecule has 472 valence electrons. The van der Waals surface area contributed by atoms with Crippen LogP contribution < -0.4 is 81.0 Å². The van der Waals surface area contributed by atoms with Gasteiger partial charge in [-0.2, -0.15) is 0 Å². The van der Waals surface area contributed by atoms with Crippen LogP contribution in [0.3, 0.4) is 0 Å². The van der Waals surface area contributed by atoms with E-state index in [-0.39, 0.29) is 79.8 Å². The number of aliphatic hydroxyl groups excluding tert-OH is 3. The van der Waals surface area contributed by atoms with Gasteiger partial charge in [-0.05, 0) is 32.6 Å². The van der Waals surface area contributed by atoms with Crippen LogP contribution in [0, 0.1) is 0 Å². The Morgan fingerprint density at radius 1 is 0.571 bits per heavy atom. The number of hydrogen-bond donors (Lipinski definition) is 20. The van der Waals surface area contributed by atoms with Gasteiger partial charge in [0.15, 0.2) is 5.96 Å². The van der Waals surface area contributed by atoms with Gasteiger partial charge >= 0.3 is 11.9 Å². The predicted molar refractivity (Wildman–Crippen MR) is 294 cm³/mol. The van der Waals surface area contributed by atoms with Gasteiger partial charge in [-0.3, -0.25) is 72.1 Å². The van der Waals surface area contributed by atoms with E-state index in [4.69, 9.17) is 17.2 Å². The molecule has 23 N–H and O–H groups in total. The molecular weight excluding hydrogens is 1160 g/mol. The summed E-state index contributed by atoms with van der Waals surface area (Å²) in [5.41, 5.74) is 16.5. The monoisotopic (exact) mass is 1240 g/mol. The minimum Gasteiger partial charge on any atom is -0.481 e. The number of carboxylic acids is 2. The first-order chi connectivity index (χ1) is 39.5. The molecule has 37 nitrogen and oxygen atoms in total. The first kappa shape index (κ1) is 73.9. The van der Waals surface area contributed by atoms with Gasteiger partial charge in [0.1, 0.15) is 48.3 Å². The average molecular weight is 1240 g/mol. The zero-order chi connectivity index (χ0) is 63.6. The molecule has 9 atom stereocenters. The molecule has 0 bridgehead atoms. The lowest BCUT2D eigenvalue weighted by molar-refractivity contribution is -0.144. The number of carbonyl (C=O) groups is 15. The second-order valence-corrected chi connectivity index (χ2v) is 20.2. The molecule has 39 heteroatoms. The number of rotatable bonds is 39. The Kier molecular flexibility index (Phi) is 34.6. The fourth-order valence-electron chi connectivity index (χ4n) is 6.96. The predicted octanol–water partition coefficient (Wildman–Crippen LogP) is -11.7. The molecule has 1 heterocycles. The summed E-state index contributed by atoms with van der Waals surface area (Å²) in [5.74, 6) is -15.3. The summed E-state index contributed by atoms with van der Waals surface area (Å²) < 4.78 is 0. The number of guanidine groups is 1. The van der Waals surface area contributed by atoms with Gasteiger partial charge < -0.3 is 111 Å². The van der Waals surface area contributed by atoms with E-state index in [2.05, 4.69) is 68.8 Å². The SMILES string of the molecule is CC(=O)NCSC[C@H](NC(=O)[C@H](CO)NC(=O)[C@H](CO)NC(=O)[C@H](C)NC(=O)[C@@H]1CCCN1C(=O)[C@H](CO)NC(=O)[C@H](CC(=O)O)NC(=O)CNC(=O)[C@H](CCCN=C(N)N)NC(=O)CNC(=O)CNC(=O)[C@@H](N)CSCNC(C)=O)C(=O)O. The molecule has 0 aliphatic carbocycles. The summed E-state index contributed by atoms with van der Waals surface area (Å²) in [7, 11) is 0. The van der Waals surface area contributed by atoms with Crippen molar-refractivity contribution in [3.05, 3.63) is 0 Å². The van der Waals surface area contributed by atoms with E-state index in [1.54, 1.807) is 0 Å². The largest absolute Gasteiger partial charge is 0.481 e. The van der Waals surface area contributed by atoms with Crippen LogP contribution in [0.15, 0.2) is 4.99 Å². The highest BCUT2D eigenvalue weighted by Gasteiger charge is 2.40. The summed E-state index contributed by atoms with van der Waals surface area (Å²) in [6, 6.07) is -14.1. The molecule has 0 aromatic carbocycles. The number of aliphatic carboxylic acids is 2. The number of nitrogens with zero attached hydrogens (tertiary/aromatic N) is 2. The van der Waals surface area contributed by atoms with E-state index in [9.17, 15) is 97.5 Å². The van der Waals surface area contributed by atoms with Crippen LogP contribution in [0.25, 0.3) is 0 Å². The van der Waals surface area contributed by atoms with Gasteiger partial charge in [0.05, 0.1) is 63.7 Å². The van der Waals surface area contributed by atoms with Crippen LogP contribution in [0.5, 0.6) is 0 Å². The topological polar surface area (TPSA) is 595 Å². The summed E-state index contributed by atoms with van der Waals surface area (Å²) >= 11 is 2.10. The average Bonchev–Trinajstić information content (AvgIpc) is 4.19. The summed E-state index contributed by atoms with van der Waals surface area (Å²) in [6.45, 7) is -1.88. The van der Waals surface area contributed by atoms with Crippen molar-refractivity contribution >= 4 is 118 Å². The van der Waals surface area contributed by atoms with Crippen LogP contribution >= 0.6 is 23.5 Å². The molecule has 1 saturated heterocycles. The summed E-state index contributed by atoms with van der Waals surface area (Å²) in [4.78, 5) is 194. The number of hydrogen-bond acceptors (Lipinski definition) is 22.